The molecule has 17 heavy (non-hydrogen) atoms. The van der Waals surface area contributed by atoms with Crippen LogP contribution in [0.25, 0.3) is 0 Å². The van der Waals surface area contributed by atoms with Crippen LogP contribution in [0.2, 0.25) is 0 Å². The summed E-state index contributed by atoms with van der Waals surface area (Å²) in [4.78, 5) is 14.7. The first-order chi connectivity index (χ1) is 7.90. The van der Waals surface area contributed by atoms with Crippen molar-refractivity contribution in [3.8, 4) is 0 Å². The molecule has 0 aliphatic heterocycles. The van der Waals surface area contributed by atoms with E-state index in [1.165, 1.54) is 6.92 Å². The Morgan fingerprint density at radius 2 is 2.18 bits per heavy atom. The molecule has 2 unspecified atom stereocenters. The highest BCUT2D eigenvalue weighted by Gasteiger charge is 2.20. The number of aryl methyl sites for hydroxylation is 1. The van der Waals surface area contributed by atoms with Crippen LogP contribution in [-0.4, -0.2) is 32.2 Å². The molecule has 1 heterocycles. The van der Waals surface area contributed by atoms with Gasteiger partial charge in [-0.3, -0.25) is 4.79 Å². The molecule has 0 aliphatic rings. The Labute approximate surface area is 104 Å². The molecule has 0 saturated carbocycles. The number of thioether (sulfide) groups is 1. The Morgan fingerprint density at radius 3 is 2.71 bits per heavy atom. The number of pyridine rings is 1. The van der Waals surface area contributed by atoms with Gasteiger partial charge in [0, 0.05) is 12.7 Å². The maximum atomic E-state index is 10.8. The van der Waals surface area contributed by atoms with Gasteiger partial charge in [0.05, 0.1) is 11.8 Å². The Morgan fingerprint density at radius 1 is 1.53 bits per heavy atom. The summed E-state index contributed by atoms with van der Waals surface area (Å²) >= 11 is 0.963. The summed E-state index contributed by atoms with van der Waals surface area (Å²) in [7, 11) is 0. The number of nitrogens with two attached hydrogens (primary N) is 1. The fourth-order valence-electron chi connectivity index (χ4n) is 1.36. The van der Waals surface area contributed by atoms with E-state index in [1.54, 1.807) is 12.1 Å². The van der Waals surface area contributed by atoms with Crippen LogP contribution in [0.1, 0.15) is 24.3 Å². The summed E-state index contributed by atoms with van der Waals surface area (Å²) in [6, 6.07) is 3.33. The Bertz CT molecular complexity index is 391. The maximum Gasteiger partial charge on any atom is 0.185 e. The van der Waals surface area contributed by atoms with E-state index < -0.39 is 12.2 Å². The highest BCUT2D eigenvalue weighted by Crippen LogP contribution is 2.20. The van der Waals surface area contributed by atoms with Gasteiger partial charge in [0.2, 0.25) is 0 Å². The average molecular weight is 256 g/mol. The topological polar surface area (TPSA) is 96.4 Å². The summed E-state index contributed by atoms with van der Waals surface area (Å²) < 4.78 is 0. The number of nitrogen functional groups attached to an aromatic ring is 1. The SMILES string of the molecule is CC(=O)SCC(O)C(O)c1cc(C)cc(N)n1. The highest BCUT2D eigenvalue weighted by atomic mass is 32.2. The lowest BCUT2D eigenvalue weighted by molar-refractivity contribution is -0.109. The first-order valence-electron chi connectivity index (χ1n) is 5.13. The van der Waals surface area contributed by atoms with Crippen molar-refractivity contribution < 1.29 is 15.0 Å². The third kappa shape index (κ3) is 4.33. The molecule has 1 rings (SSSR count). The molecular weight excluding hydrogens is 240 g/mol. The summed E-state index contributed by atoms with van der Waals surface area (Å²) in [5.41, 5.74) is 6.73. The van der Waals surface area contributed by atoms with Crippen LogP contribution in [0.4, 0.5) is 5.82 Å². The van der Waals surface area contributed by atoms with Crippen LogP contribution in [0.3, 0.4) is 0 Å². The van der Waals surface area contributed by atoms with Crippen LogP contribution in [0, 0.1) is 6.92 Å². The largest absolute Gasteiger partial charge is 0.389 e. The number of aliphatic hydroxyl groups excluding tert-OH is 2. The van der Waals surface area contributed by atoms with Gasteiger partial charge >= 0.3 is 0 Å². The van der Waals surface area contributed by atoms with Gasteiger partial charge in [-0.1, -0.05) is 11.8 Å². The van der Waals surface area contributed by atoms with E-state index >= 15 is 0 Å². The number of aromatic nitrogens is 1. The second kappa shape index (κ2) is 6.00. The molecule has 5 nitrogen and oxygen atoms in total. The first kappa shape index (κ1) is 14.0. The lowest BCUT2D eigenvalue weighted by Gasteiger charge is -2.17. The van der Waals surface area contributed by atoms with E-state index in [1.807, 2.05) is 6.92 Å². The van der Waals surface area contributed by atoms with Gasteiger partial charge in [0.15, 0.2) is 5.12 Å². The number of aliphatic hydroxyl groups is 2. The zero-order chi connectivity index (χ0) is 13.0. The summed E-state index contributed by atoms with van der Waals surface area (Å²) in [5, 5.41) is 19.5. The molecule has 0 aliphatic carbocycles. The second-order valence-corrected chi connectivity index (χ2v) is 5.01. The Hall–Kier alpha value is -1.11. The predicted octanol–water partition coefficient (Wildman–Crippen LogP) is 0.646. The molecule has 94 valence electrons. The molecule has 4 N–H and O–H groups in total. The Balaban J connectivity index is 2.73. The lowest BCUT2D eigenvalue weighted by atomic mass is 10.1. The number of hydrogen-bond donors (Lipinski definition) is 3. The smallest absolute Gasteiger partial charge is 0.185 e. The van der Waals surface area contributed by atoms with Crippen molar-refractivity contribution in [2.75, 3.05) is 11.5 Å². The monoisotopic (exact) mass is 256 g/mol. The molecule has 2 atom stereocenters. The molecule has 0 fully saturated rings. The third-order valence-corrected chi connectivity index (χ3v) is 3.05. The van der Waals surface area contributed by atoms with E-state index in [0.29, 0.717) is 11.5 Å². The summed E-state index contributed by atoms with van der Waals surface area (Å²) in [5.74, 6) is 0.428. The van der Waals surface area contributed by atoms with Crippen LogP contribution < -0.4 is 5.73 Å². The average Bonchev–Trinajstić information content (AvgIpc) is 2.23. The number of carbonyl (C=O) groups is 1. The Kier molecular flexibility index (Phi) is 4.92. The van der Waals surface area contributed by atoms with E-state index in [0.717, 1.165) is 17.3 Å². The van der Waals surface area contributed by atoms with Gasteiger partial charge in [-0.05, 0) is 24.6 Å². The highest BCUT2D eigenvalue weighted by molar-refractivity contribution is 8.13. The van der Waals surface area contributed by atoms with Crippen LogP contribution in [-0.2, 0) is 4.79 Å². The van der Waals surface area contributed by atoms with Gasteiger partial charge in [-0.15, -0.1) is 0 Å². The van der Waals surface area contributed by atoms with Crippen molar-refractivity contribution in [2.45, 2.75) is 26.1 Å². The van der Waals surface area contributed by atoms with E-state index in [9.17, 15) is 15.0 Å². The van der Waals surface area contributed by atoms with Crippen LogP contribution in [0.5, 0.6) is 0 Å². The van der Waals surface area contributed by atoms with Gasteiger partial charge in [-0.2, -0.15) is 0 Å². The molecule has 0 radical (unpaired) electrons. The molecule has 1 aromatic heterocycles. The fourth-order valence-corrected chi connectivity index (χ4v) is 1.95. The van der Waals surface area contributed by atoms with E-state index in [2.05, 4.69) is 4.98 Å². The van der Waals surface area contributed by atoms with Crippen molar-refractivity contribution in [1.82, 2.24) is 4.98 Å². The normalized spacial score (nSPS) is 14.4. The molecule has 0 bridgehead atoms. The minimum atomic E-state index is -1.14. The zero-order valence-electron chi connectivity index (χ0n) is 9.75. The van der Waals surface area contributed by atoms with E-state index in [-0.39, 0.29) is 10.9 Å². The van der Waals surface area contributed by atoms with Crippen molar-refractivity contribution in [2.24, 2.45) is 0 Å². The number of hydrogen-bond acceptors (Lipinski definition) is 6. The van der Waals surface area contributed by atoms with Crippen LogP contribution >= 0.6 is 11.8 Å². The predicted molar refractivity (Wildman–Crippen MR) is 67.5 cm³/mol. The summed E-state index contributed by atoms with van der Waals surface area (Å²) in [6.07, 6.45) is -2.18. The molecule has 6 heteroatoms. The van der Waals surface area contributed by atoms with Crippen molar-refractivity contribution in [3.05, 3.63) is 23.4 Å². The molecule has 1 aromatic rings. The molecule has 0 spiro atoms. The number of rotatable bonds is 4. The molecule has 0 amide bonds. The lowest BCUT2D eigenvalue weighted by Crippen LogP contribution is -2.22. The van der Waals surface area contributed by atoms with Gasteiger partial charge in [-0.25, -0.2) is 4.98 Å². The standard InChI is InChI=1S/C11H16N2O3S/c1-6-3-8(13-10(12)4-6)11(16)9(15)5-17-7(2)14/h3-4,9,11,15-16H,5H2,1-2H3,(H2,12,13). The van der Waals surface area contributed by atoms with Gasteiger partial charge in [0.25, 0.3) is 0 Å². The first-order valence-corrected chi connectivity index (χ1v) is 6.12. The second-order valence-electron chi connectivity index (χ2n) is 3.81. The van der Waals surface area contributed by atoms with Gasteiger partial charge < -0.3 is 15.9 Å². The fraction of sp³-hybridized carbons (Fsp3) is 0.455. The quantitative estimate of drug-likeness (QED) is 0.732. The van der Waals surface area contributed by atoms with E-state index in [4.69, 9.17) is 5.73 Å². The zero-order valence-corrected chi connectivity index (χ0v) is 10.6. The van der Waals surface area contributed by atoms with Gasteiger partial charge in [0.1, 0.15) is 11.9 Å². The minimum absolute atomic E-state index is 0.104. The molecular formula is C11H16N2O3S. The minimum Gasteiger partial charge on any atom is -0.389 e. The molecule has 0 aromatic carbocycles. The van der Waals surface area contributed by atoms with Crippen molar-refractivity contribution >= 4 is 22.7 Å². The molecule has 0 saturated heterocycles. The number of nitrogens with zero attached hydrogens (tertiary/aromatic N) is 1. The number of anilines is 1. The van der Waals surface area contributed by atoms with Crippen LogP contribution in [0.15, 0.2) is 12.1 Å². The maximum absolute atomic E-state index is 10.8. The van der Waals surface area contributed by atoms with Crippen molar-refractivity contribution in [3.63, 3.8) is 0 Å². The summed E-state index contributed by atoms with van der Waals surface area (Å²) in [6.45, 7) is 3.23. The third-order valence-electron chi connectivity index (χ3n) is 2.13. The number of carbonyl (C=O) groups excluding carboxylic acids is 1. The van der Waals surface area contributed by atoms with Crippen molar-refractivity contribution in [1.29, 1.82) is 0 Å².